The highest BCUT2D eigenvalue weighted by Crippen LogP contribution is 2.17. The Bertz CT molecular complexity index is 189. The molecule has 0 aliphatic carbocycles. The Hall–Kier alpha value is -0.570. The van der Waals surface area contributed by atoms with E-state index >= 15 is 0 Å². The molecule has 0 bridgehead atoms. The lowest BCUT2D eigenvalue weighted by Crippen LogP contribution is -2.35. The SMILES string of the molecule is CC(C)C1=NC2COCC2N1. The largest absolute Gasteiger partial charge is 0.377 e. The molecule has 2 unspecified atom stereocenters. The minimum absolute atomic E-state index is 0.396. The van der Waals surface area contributed by atoms with E-state index < -0.39 is 0 Å². The first-order valence-corrected chi connectivity index (χ1v) is 4.19. The van der Waals surface area contributed by atoms with Crippen LogP contribution in [0.25, 0.3) is 0 Å². The predicted octanol–water partition coefficient (Wildman–Crippen LogP) is 0.412. The molecule has 0 saturated carbocycles. The second kappa shape index (κ2) is 2.48. The number of hydrogen-bond donors (Lipinski definition) is 1. The van der Waals surface area contributed by atoms with E-state index in [2.05, 4.69) is 24.2 Å². The second-order valence-corrected chi connectivity index (χ2v) is 3.52. The van der Waals surface area contributed by atoms with E-state index in [1.807, 2.05) is 0 Å². The standard InChI is InChI=1S/C8H14N2O/c1-5(2)8-9-6-3-11-4-7(6)10-8/h5-7H,3-4H2,1-2H3,(H,9,10). The Balaban J connectivity index is 2.07. The minimum atomic E-state index is 0.396. The molecule has 11 heavy (non-hydrogen) atoms. The molecule has 3 nitrogen and oxygen atoms in total. The molecule has 0 amide bonds. The van der Waals surface area contributed by atoms with Gasteiger partial charge in [-0.1, -0.05) is 13.8 Å². The van der Waals surface area contributed by atoms with E-state index in [4.69, 9.17) is 4.74 Å². The lowest BCUT2D eigenvalue weighted by Gasteiger charge is -2.09. The Morgan fingerprint density at radius 3 is 3.00 bits per heavy atom. The highest BCUT2D eigenvalue weighted by Gasteiger charge is 2.34. The Kier molecular flexibility index (Phi) is 1.60. The summed E-state index contributed by atoms with van der Waals surface area (Å²) < 4.78 is 5.27. The van der Waals surface area contributed by atoms with Crippen LogP contribution in [0.15, 0.2) is 4.99 Å². The summed E-state index contributed by atoms with van der Waals surface area (Å²) in [5, 5.41) is 3.38. The van der Waals surface area contributed by atoms with Crippen molar-refractivity contribution >= 4 is 5.84 Å². The molecule has 0 radical (unpaired) electrons. The number of fused-ring (bicyclic) bond motifs is 1. The first-order valence-electron chi connectivity index (χ1n) is 4.19. The van der Waals surface area contributed by atoms with Gasteiger partial charge in [-0.2, -0.15) is 0 Å². The third-order valence-electron chi connectivity index (χ3n) is 2.24. The van der Waals surface area contributed by atoms with Crippen molar-refractivity contribution in [2.24, 2.45) is 10.9 Å². The molecular formula is C8H14N2O. The van der Waals surface area contributed by atoms with Gasteiger partial charge in [0.2, 0.25) is 0 Å². The van der Waals surface area contributed by atoms with Crippen LogP contribution in [0.3, 0.4) is 0 Å². The van der Waals surface area contributed by atoms with Gasteiger partial charge >= 0.3 is 0 Å². The zero-order valence-corrected chi connectivity index (χ0v) is 7.00. The number of hydrogen-bond acceptors (Lipinski definition) is 3. The zero-order valence-electron chi connectivity index (χ0n) is 7.00. The molecule has 1 N–H and O–H groups in total. The monoisotopic (exact) mass is 154 g/mol. The molecule has 62 valence electrons. The molecule has 0 aromatic rings. The van der Waals surface area contributed by atoms with Gasteiger partial charge in [0.15, 0.2) is 0 Å². The van der Waals surface area contributed by atoms with Crippen LogP contribution >= 0.6 is 0 Å². The van der Waals surface area contributed by atoms with Gasteiger partial charge in [0.25, 0.3) is 0 Å². The molecule has 3 heteroatoms. The molecular weight excluding hydrogens is 140 g/mol. The molecule has 2 heterocycles. The molecule has 0 spiro atoms. The van der Waals surface area contributed by atoms with Gasteiger partial charge < -0.3 is 10.1 Å². The van der Waals surface area contributed by atoms with Crippen LogP contribution in [-0.2, 0) is 4.74 Å². The Labute approximate surface area is 66.8 Å². The smallest absolute Gasteiger partial charge is 0.0998 e. The summed E-state index contributed by atoms with van der Waals surface area (Å²) in [4.78, 5) is 4.53. The van der Waals surface area contributed by atoms with E-state index in [0.29, 0.717) is 18.0 Å². The van der Waals surface area contributed by atoms with E-state index in [1.54, 1.807) is 0 Å². The molecule has 2 aliphatic rings. The number of ether oxygens (including phenoxy) is 1. The van der Waals surface area contributed by atoms with Crippen LogP contribution in [0.1, 0.15) is 13.8 Å². The van der Waals surface area contributed by atoms with Crippen molar-refractivity contribution in [3.05, 3.63) is 0 Å². The fourth-order valence-electron chi connectivity index (χ4n) is 1.53. The molecule has 0 aromatic carbocycles. The van der Waals surface area contributed by atoms with Crippen molar-refractivity contribution in [3.63, 3.8) is 0 Å². The van der Waals surface area contributed by atoms with Gasteiger partial charge in [-0.25, -0.2) is 0 Å². The van der Waals surface area contributed by atoms with E-state index in [0.717, 1.165) is 19.0 Å². The highest BCUT2D eigenvalue weighted by molar-refractivity contribution is 5.86. The first kappa shape index (κ1) is 7.10. The second-order valence-electron chi connectivity index (χ2n) is 3.52. The number of rotatable bonds is 1. The van der Waals surface area contributed by atoms with Gasteiger partial charge in [-0.3, -0.25) is 4.99 Å². The molecule has 2 aliphatic heterocycles. The van der Waals surface area contributed by atoms with Crippen LogP contribution in [0.2, 0.25) is 0 Å². The minimum Gasteiger partial charge on any atom is -0.377 e. The summed E-state index contributed by atoms with van der Waals surface area (Å²) in [6.07, 6.45) is 0. The van der Waals surface area contributed by atoms with E-state index in [1.165, 1.54) is 0 Å². The third-order valence-corrected chi connectivity index (χ3v) is 2.24. The summed E-state index contributed by atoms with van der Waals surface area (Å²) in [6, 6.07) is 0.861. The zero-order chi connectivity index (χ0) is 7.84. The lowest BCUT2D eigenvalue weighted by atomic mass is 10.2. The number of nitrogens with zero attached hydrogens (tertiary/aromatic N) is 1. The van der Waals surface area contributed by atoms with Crippen LogP contribution < -0.4 is 5.32 Å². The third kappa shape index (κ3) is 1.13. The Morgan fingerprint density at radius 2 is 2.36 bits per heavy atom. The number of aliphatic imine (C=N–C) groups is 1. The fraction of sp³-hybridized carbons (Fsp3) is 0.875. The summed E-state index contributed by atoms with van der Waals surface area (Å²) >= 11 is 0. The normalized spacial score (nSPS) is 35.4. The predicted molar refractivity (Wildman–Crippen MR) is 43.8 cm³/mol. The highest BCUT2D eigenvalue weighted by atomic mass is 16.5. The van der Waals surface area contributed by atoms with Crippen LogP contribution in [0.5, 0.6) is 0 Å². The van der Waals surface area contributed by atoms with Crippen molar-refractivity contribution in [1.29, 1.82) is 0 Å². The first-order chi connectivity index (χ1) is 5.27. The van der Waals surface area contributed by atoms with E-state index in [9.17, 15) is 0 Å². The molecule has 1 fully saturated rings. The van der Waals surface area contributed by atoms with Gasteiger partial charge in [0.05, 0.1) is 31.1 Å². The summed E-state index contributed by atoms with van der Waals surface area (Å²) in [5.41, 5.74) is 0. The topological polar surface area (TPSA) is 33.6 Å². The van der Waals surface area contributed by atoms with Crippen molar-refractivity contribution in [3.8, 4) is 0 Å². The van der Waals surface area contributed by atoms with Crippen molar-refractivity contribution < 1.29 is 4.74 Å². The lowest BCUT2D eigenvalue weighted by molar-refractivity contribution is 0.188. The maximum Gasteiger partial charge on any atom is 0.0998 e. The summed E-state index contributed by atoms with van der Waals surface area (Å²) in [6.45, 7) is 5.94. The van der Waals surface area contributed by atoms with Crippen molar-refractivity contribution in [1.82, 2.24) is 5.32 Å². The van der Waals surface area contributed by atoms with Crippen LogP contribution in [-0.4, -0.2) is 31.1 Å². The fourth-order valence-corrected chi connectivity index (χ4v) is 1.53. The molecule has 2 atom stereocenters. The van der Waals surface area contributed by atoms with Crippen molar-refractivity contribution in [2.45, 2.75) is 25.9 Å². The van der Waals surface area contributed by atoms with Crippen LogP contribution in [0.4, 0.5) is 0 Å². The molecule has 1 saturated heterocycles. The summed E-state index contributed by atoms with van der Waals surface area (Å²) in [5.74, 6) is 1.68. The molecule has 2 rings (SSSR count). The average molecular weight is 154 g/mol. The van der Waals surface area contributed by atoms with Gasteiger partial charge in [-0.15, -0.1) is 0 Å². The van der Waals surface area contributed by atoms with Gasteiger partial charge in [0, 0.05) is 5.92 Å². The average Bonchev–Trinajstić information content (AvgIpc) is 2.40. The summed E-state index contributed by atoms with van der Waals surface area (Å²) in [7, 11) is 0. The molecule has 0 aromatic heterocycles. The number of nitrogens with one attached hydrogen (secondary N) is 1. The van der Waals surface area contributed by atoms with E-state index in [-0.39, 0.29) is 0 Å². The maximum absolute atomic E-state index is 5.27. The van der Waals surface area contributed by atoms with Gasteiger partial charge in [-0.05, 0) is 0 Å². The van der Waals surface area contributed by atoms with Crippen LogP contribution in [0, 0.1) is 5.92 Å². The van der Waals surface area contributed by atoms with Crippen molar-refractivity contribution in [2.75, 3.05) is 13.2 Å². The number of amidine groups is 1. The van der Waals surface area contributed by atoms with Gasteiger partial charge in [0.1, 0.15) is 0 Å². The quantitative estimate of drug-likeness (QED) is 0.593. The maximum atomic E-state index is 5.27. The Morgan fingerprint density at radius 1 is 1.55 bits per heavy atom.